The summed E-state index contributed by atoms with van der Waals surface area (Å²) in [5.41, 5.74) is 0.992. The number of rotatable bonds is 7. The van der Waals surface area contributed by atoms with E-state index >= 15 is 0 Å². The van der Waals surface area contributed by atoms with Crippen molar-refractivity contribution in [3.63, 3.8) is 0 Å². The second-order valence-corrected chi connectivity index (χ2v) is 8.10. The minimum atomic E-state index is -0.405. The summed E-state index contributed by atoms with van der Waals surface area (Å²) < 4.78 is 6.04. The summed E-state index contributed by atoms with van der Waals surface area (Å²) in [6.45, 7) is 4.59. The van der Waals surface area contributed by atoms with Crippen LogP contribution in [0.5, 0.6) is 5.75 Å². The van der Waals surface area contributed by atoms with Crippen molar-refractivity contribution in [3.05, 3.63) is 58.6 Å². The Hall–Kier alpha value is -2.57. The number of fused-ring (bicyclic) bond motifs is 1. The molecule has 1 aromatic carbocycles. The van der Waals surface area contributed by atoms with Crippen LogP contribution in [0.25, 0.3) is 10.9 Å². The maximum absolute atomic E-state index is 12.2. The summed E-state index contributed by atoms with van der Waals surface area (Å²) in [7, 11) is 3.92. The van der Waals surface area contributed by atoms with Crippen LogP contribution in [-0.4, -0.2) is 41.5 Å². The maximum atomic E-state index is 12.2. The topological polar surface area (TPSA) is 78.6 Å². The van der Waals surface area contributed by atoms with E-state index in [4.69, 9.17) is 16.0 Å². The van der Waals surface area contributed by atoms with Gasteiger partial charge in [0.15, 0.2) is 0 Å². The number of phenols is 1. The van der Waals surface area contributed by atoms with E-state index in [1.165, 1.54) is 0 Å². The Morgan fingerprint density at radius 3 is 2.76 bits per heavy atom. The van der Waals surface area contributed by atoms with E-state index in [1.54, 1.807) is 18.3 Å². The van der Waals surface area contributed by atoms with Crippen LogP contribution in [0.3, 0.4) is 0 Å². The lowest BCUT2D eigenvalue weighted by Crippen LogP contribution is -2.32. The van der Waals surface area contributed by atoms with Crippen LogP contribution in [0.4, 0.5) is 0 Å². The molecule has 154 valence electrons. The number of nitrogens with zero attached hydrogens (tertiary/aromatic N) is 2. The molecule has 7 heteroatoms. The lowest BCUT2D eigenvalue weighted by atomic mass is 9.93. The highest BCUT2D eigenvalue weighted by Crippen LogP contribution is 2.39. The molecule has 0 aliphatic heterocycles. The SMILES string of the molecule is CC(C)C(=O)NCC(c1ccc(CN(C)C)o1)c1cc(Cl)c2cccnc2c1O. The van der Waals surface area contributed by atoms with Crippen LogP contribution in [0.2, 0.25) is 5.02 Å². The molecule has 6 nitrogen and oxygen atoms in total. The quantitative estimate of drug-likeness (QED) is 0.606. The van der Waals surface area contributed by atoms with Gasteiger partial charge in [0, 0.05) is 29.6 Å². The molecule has 2 aromatic heterocycles. The largest absolute Gasteiger partial charge is 0.505 e. The van der Waals surface area contributed by atoms with E-state index in [0.717, 1.165) is 5.76 Å². The number of hydrogen-bond acceptors (Lipinski definition) is 5. The van der Waals surface area contributed by atoms with Gasteiger partial charge in [-0.1, -0.05) is 25.4 Å². The molecule has 29 heavy (non-hydrogen) atoms. The van der Waals surface area contributed by atoms with Gasteiger partial charge in [-0.15, -0.1) is 0 Å². The monoisotopic (exact) mass is 415 g/mol. The summed E-state index contributed by atoms with van der Waals surface area (Å²) >= 11 is 6.48. The molecule has 3 rings (SSSR count). The molecule has 0 saturated heterocycles. The average molecular weight is 416 g/mol. The molecule has 0 fully saturated rings. The zero-order valence-electron chi connectivity index (χ0n) is 17.1. The molecule has 0 saturated carbocycles. The van der Waals surface area contributed by atoms with E-state index in [0.29, 0.717) is 33.8 Å². The molecule has 0 spiro atoms. The fraction of sp³-hybridized carbons (Fsp3) is 0.364. The first-order valence-electron chi connectivity index (χ1n) is 9.55. The first-order chi connectivity index (χ1) is 13.8. The van der Waals surface area contributed by atoms with Crippen molar-refractivity contribution in [2.45, 2.75) is 26.3 Å². The predicted octanol–water partition coefficient (Wildman–Crippen LogP) is 4.15. The van der Waals surface area contributed by atoms with Crippen LogP contribution < -0.4 is 5.32 Å². The highest BCUT2D eigenvalue weighted by atomic mass is 35.5. The third kappa shape index (κ3) is 4.71. The number of benzene rings is 1. The Bertz CT molecular complexity index is 1010. The van der Waals surface area contributed by atoms with Gasteiger partial charge < -0.3 is 19.7 Å². The number of phenolic OH excluding ortho intramolecular Hbond substituents is 1. The van der Waals surface area contributed by atoms with Crippen molar-refractivity contribution in [2.24, 2.45) is 5.92 Å². The van der Waals surface area contributed by atoms with E-state index in [-0.39, 0.29) is 24.1 Å². The number of aromatic nitrogens is 1. The van der Waals surface area contributed by atoms with Gasteiger partial charge in [0.2, 0.25) is 5.91 Å². The van der Waals surface area contributed by atoms with Gasteiger partial charge in [0.1, 0.15) is 22.8 Å². The van der Waals surface area contributed by atoms with Gasteiger partial charge in [0.25, 0.3) is 0 Å². The first-order valence-corrected chi connectivity index (χ1v) is 9.92. The summed E-state index contributed by atoms with van der Waals surface area (Å²) in [6, 6.07) is 9.09. The standard InChI is InChI=1S/C22H26ClN3O3/c1-13(2)22(28)25-11-17(19-8-7-14(29-19)12-26(3)4)16-10-18(23)15-6-5-9-24-20(15)21(16)27/h5-10,13,17,27H,11-12H2,1-4H3,(H,25,28). The number of pyridine rings is 1. The predicted molar refractivity (Wildman–Crippen MR) is 114 cm³/mol. The van der Waals surface area contributed by atoms with E-state index in [2.05, 4.69) is 10.3 Å². The normalized spacial score (nSPS) is 12.7. The van der Waals surface area contributed by atoms with Gasteiger partial charge in [0.05, 0.1) is 17.5 Å². The Morgan fingerprint density at radius 1 is 1.31 bits per heavy atom. The second kappa shape index (κ2) is 8.84. The number of nitrogens with one attached hydrogen (secondary N) is 1. The first kappa shape index (κ1) is 21.1. The fourth-order valence-electron chi connectivity index (χ4n) is 3.22. The molecule has 0 radical (unpaired) electrons. The minimum absolute atomic E-state index is 0.0411. The van der Waals surface area contributed by atoms with Crippen LogP contribution in [0, 0.1) is 5.92 Å². The number of aromatic hydroxyl groups is 1. The molecule has 0 bridgehead atoms. The highest BCUT2D eigenvalue weighted by molar-refractivity contribution is 6.35. The third-order valence-electron chi connectivity index (χ3n) is 4.72. The lowest BCUT2D eigenvalue weighted by molar-refractivity contribution is -0.124. The fourth-order valence-corrected chi connectivity index (χ4v) is 3.49. The van der Waals surface area contributed by atoms with Crippen LogP contribution >= 0.6 is 11.6 Å². The van der Waals surface area contributed by atoms with Crippen LogP contribution in [0.1, 0.15) is 36.8 Å². The summed E-state index contributed by atoms with van der Waals surface area (Å²) in [5, 5.41) is 15.0. The van der Waals surface area contributed by atoms with Crippen molar-refractivity contribution in [1.29, 1.82) is 0 Å². The molecule has 1 amide bonds. The van der Waals surface area contributed by atoms with Gasteiger partial charge in [-0.2, -0.15) is 0 Å². The number of hydrogen-bond donors (Lipinski definition) is 2. The smallest absolute Gasteiger partial charge is 0.222 e. The minimum Gasteiger partial charge on any atom is -0.505 e. The molecule has 1 unspecified atom stereocenters. The van der Waals surface area contributed by atoms with Crippen LogP contribution in [-0.2, 0) is 11.3 Å². The number of halogens is 1. The van der Waals surface area contributed by atoms with Gasteiger partial charge in [-0.3, -0.25) is 9.78 Å². The molecular formula is C22H26ClN3O3. The zero-order valence-corrected chi connectivity index (χ0v) is 17.8. The van der Waals surface area contributed by atoms with Crippen molar-refractivity contribution in [3.8, 4) is 5.75 Å². The number of amides is 1. The Kier molecular flexibility index (Phi) is 6.45. The Morgan fingerprint density at radius 2 is 2.07 bits per heavy atom. The van der Waals surface area contributed by atoms with Crippen molar-refractivity contribution in [2.75, 3.05) is 20.6 Å². The molecule has 2 N–H and O–H groups in total. The molecule has 3 aromatic rings. The molecule has 0 aliphatic carbocycles. The number of furan rings is 1. The average Bonchev–Trinajstić information content (AvgIpc) is 3.12. The van der Waals surface area contributed by atoms with Crippen molar-refractivity contribution in [1.82, 2.24) is 15.2 Å². The maximum Gasteiger partial charge on any atom is 0.222 e. The molecule has 2 heterocycles. The van der Waals surface area contributed by atoms with Crippen LogP contribution in [0.15, 0.2) is 40.9 Å². The van der Waals surface area contributed by atoms with E-state index < -0.39 is 5.92 Å². The van der Waals surface area contributed by atoms with Gasteiger partial charge >= 0.3 is 0 Å². The summed E-state index contributed by atoms with van der Waals surface area (Å²) in [5.74, 6) is 0.866. The second-order valence-electron chi connectivity index (χ2n) is 7.69. The van der Waals surface area contributed by atoms with Gasteiger partial charge in [-0.25, -0.2) is 0 Å². The number of carbonyl (C=O) groups excluding carboxylic acids is 1. The lowest BCUT2D eigenvalue weighted by Gasteiger charge is -2.20. The third-order valence-corrected chi connectivity index (χ3v) is 5.04. The summed E-state index contributed by atoms with van der Waals surface area (Å²) in [6.07, 6.45) is 1.61. The van der Waals surface area contributed by atoms with Crippen molar-refractivity contribution < 1.29 is 14.3 Å². The molecule has 0 aliphatic rings. The Balaban J connectivity index is 2.05. The van der Waals surface area contributed by atoms with Crippen molar-refractivity contribution >= 4 is 28.4 Å². The highest BCUT2D eigenvalue weighted by Gasteiger charge is 2.25. The van der Waals surface area contributed by atoms with E-state index in [9.17, 15) is 9.90 Å². The summed E-state index contributed by atoms with van der Waals surface area (Å²) in [4.78, 5) is 18.5. The molecule has 1 atom stereocenters. The molecular weight excluding hydrogens is 390 g/mol. The number of carbonyl (C=O) groups is 1. The zero-order chi connectivity index (χ0) is 21.1. The Labute approximate surface area is 175 Å². The van der Waals surface area contributed by atoms with E-state index in [1.807, 2.05) is 51.0 Å². The van der Waals surface area contributed by atoms with Gasteiger partial charge in [-0.05, 0) is 44.4 Å².